The van der Waals surface area contributed by atoms with Gasteiger partial charge in [-0.3, -0.25) is 14.9 Å². The number of aromatic nitrogens is 2. The fourth-order valence-corrected chi connectivity index (χ4v) is 2.63. The lowest BCUT2D eigenvalue weighted by Crippen LogP contribution is -2.38. The molecule has 5 nitrogen and oxygen atoms in total. The number of nitrogen functional groups attached to an aromatic ring is 1. The average molecular weight is 284 g/mol. The van der Waals surface area contributed by atoms with E-state index in [2.05, 4.69) is 14.9 Å². The molecule has 1 saturated heterocycles. The summed E-state index contributed by atoms with van der Waals surface area (Å²) in [6, 6.07) is 9.78. The Morgan fingerprint density at radius 3 is 3.05 bits per heavy atom. The van der Waals surface area contributed by atoms with Crippen LogP contribution in [-0.2, 0) is 11.3 Å². The molecule has 0 amide bonds. The molecule has 0 radical (unpaired) electrons. The van der Waals surface area contributed by atoms with E-state index in [-0.39, 0.29) is 6.10 Å². The van der Waals surface area contributed by atoms with Crippen molar-refractivity contribution in [3.8, 4) is 0 Å². The van der Waals surface area contributed by atoms with Gasteiger partial charge in [-0.2, -0.15) is 0 Å². The lowest BCUT2D eigenvalue weighted by atomic mass is 10.1. The zero-order valence-electron chi connectivity index (χ0n) is 12.2. The number of morpholine rings is 1. The number of hydrogen-bond donors (Lipinski definition) is 1. The van der Waals surface area contributed by atoms with E-state index in [1.807, 2.05) is 43.5 Å². The lowest BCUT2D eigenvalue weighted by molar-refractivity contribution is -0.0353. The number of nitrogens with two attached hydrogens (primary N) is 1. The van der Waals surface area contributed by atoms with E-state index in [1.54, 1.807) is 0 Å². The zero-order chi connectivity index (χ0) is 14.7. The van der Waals surface area contributed by atoms with E-state index in [0.29, 0.717) is 6.61 Å². The van der Waals surface area contributed by atoms with E-state index in [4.69, 9.17) is 10.5 Å². The van der Waals surface area contributed by atoms with E-state index in [9.17, 15) is 0 Å². The molecule has 1 atom stereocenters. The van der Waals surface area contributed by atoms with Gasteiger partial charge in [0.05, 0.1) is 18.0 Å². The van der Waals surface area contributed by atoms with Crippen LogP contribution < -0.4 is 5.73 Å². The van der Waals surface area contributed by atoms with Crippen LogP contribution >= 0.6 is 0 Å². The molecule has 0 bridgehead atoms. The van der Waals surface area contributed by atoms with Gasteiger partial charge in [-0.1, -0.05) is 6.07 Å². The van der Waals surface area contributed by atoms with Crippen LogP contribution in [0, 0.1) is 6.92 Å². The van der Waals surface area contributed by atoms with Gasteiger partial charge in [-0.15, -0.1) is 0 Å². The molecule has 5 heteroatoms. The molecule has 2 aromatic heterocycles. The highest BCUT2D eigenvalue weighted by molar-refractivity contribution is 5.40. The van der Waals surface area contributed by atoms with E-state index >= 15 is 0 Å². The molecule has 1 aliphatic rings. The molecule has 0 saturated carbocycles. The largest absolute Gasteiger partial charge is 0.399 e. The van der Waals surface area contributed by atoms with Gasteiger partial charge in [0, 0.05) is 37.2 Å². The molecule has 0 aliphatic carbocycles. The summed E-state index contributed by atoms with van der Waals surface area (Å²) in [4.78, 5) is 11.3. The van der Waals surface area contributed by atoms with Crippen molar-refractivity contribution in [3.05, 3.63) is 53.6 Å². The number of ether oxygens (including phenoxy) is 1. The van der Waals surface area contributed by atoms with Crippen molar-refractivity contribution in [1.82, 2.24) is 14.9 Å². The van der Waals surface area contributed by atoms with Gasteiger partial charge in [0.25, 0.3) is 0 Å². The van der Waals surface area contributed by atoms with Crippen LogP contribution in [0.4, 0.5) is 5.69 Å². The van der Waals surface area contributed by atoms with Gasteiger partial charge in [0.15, 0.2) is 0 Å². The van der Waals surface area contributed by atoms with Crippen molar-refractivity contribution in [2.45, 2.75) is 19.6 Å². The molecular weight excluding hydrogens is 264 g/mol. The highest BCUT2D eigenvalue weighted by Crippen LogP contribution is 2.23. The van der Waals surface area contributed by atoms with Crippen LogP contribution in [0.1, 0.15) is 23.2 Å². The van der Waals surface area contributed by atoms with E-state index in [1.165, 1.54) is 0 Å². The third kappa shape index (κ3) is 3.56. The summed E-state index contributed by atoms with van der Waals surface area (Å²) in [7, 11) is 0. The monoisotopic (exact) mass is 284 g/mol. The Morgan fingerprint density at radius 1 is 1.38 bits per heavy atom. The van der Waals surface area contributed by atoms with Crippen LogP contribution in [-0.4, -0.2) is 34.6 Å². The average Bonchev–Trinajstić information content (AvgIpc) is 2.47. The molecule has 3 heterocycles. The number of nitrogens with zero attached hydrogens (tertiary/aromatic N) is 3. The normalized spacial score (nSPS) is 19.6. The van der Waals surface area contributed by atoms with Crippen LogP contribution in [0.2, 0.25) is 0 Å². The summed E-state index contributed by atoms with van der Waals surface area (Å²) in [6.07, 6.45) is 1.81. The van der Waals surface area contributed by atoms with Crippen LogP contribution in [0.15, 0.2) is 36.5 Å². The SMILES string of the molecule is Cc1cc(N)cc(C2CN(Cc3ccccn3)CCO2)n1. The molecule has 3 rings (SSSR count). The van der Waals surface area contributed by atoms with Gasteiger partial charge in [-0.05, 0) is 31.2 Å². The van der Waals surface area contributed by atoms with Gasteiger partial charge < -0.3 is 10.5 Å². The first-order chi connectivity index (χ1) is 10.2. The number of rotatable bonds is 3. The minimum atomic E-state index is -0.0235. The maximum atomic E-state index is 5.91. The molecule has 1 aliphatic heterocycles. The van der Waals surface area contributed by atoms with Gasteiger partial charge in [0.1, 0.15) is 6.10 Å². The fourth-order valence-electron chi connectivity index (χ4n) is 2.63. The standard InChI is InChI=1S/C16H20N4O/c1-12-8-13(17)9-15(19-12)16-11-20(6-7-21-16)10-14-4-2-3-5-18-14/h2-5,8-9,16H,6-7,10-11H2,1H3,(H2,17,19). The van der Waals surface area contributed by atoms with Crippen molar-refractivity contribution >= 4 is 5.69 Å². The summed E-state index contributed by atoms with van der Waals surface area (Å²) in [6.45, 7) is 5.21. The summed E-state index contributed by atoms with van der Waals surface area (Å²) in [5.41, 5.74) is 9.56. The first kappa shape index (κ1) is 14.0. The van der Waals surface area contributed by atoms with E-state index < -0.39 is 0 Å². The Kier molecular flexibility index (Phi) is 4.13. The van der Waals surface area contributed by atoms with Gasteiger partial charge in [0.2, 0.25) is 0 Å². The Balaban J connectivity index is 1.70. The van der Waals surface area contributed by atoms with Crippen molar-refractivity contribution in [3.63, 3.8) is 0 Å². The quantitative estimate of drug-likeness (QED) is 0.933. The Hall–Kier alpha value is -1.98. The third-order valence-corrected chi connectivity index (χ3v) is 3.59. The van der Waals surface area contributed by atoms with E-state index in [0.717, 1.165) is 42.4 Å². The van der Waals surface area contributed by atoms with Crippen molar-refractivity contribution in [2.24, 2.45) is 0 Å². The zero-order valence-corrected chi connectivity index (χ0v) is 12.2. The van der Waals surface area contributed by atoms with Crippen molar-refractivity contribution in [1.29, 1.82) is 0 Å². The predicted molar refractivity (Wildman–Crippen MR) is 81.6 cm³/mol. The second kappa shape index (κ2) is 6.20. The topological polar surface area (TPSA) is 64.3 Å². The van der Waals surface area contributed by atoms with Crippen LogP contribution in [0.5, 0.6) is 0 Å². The molecule has 1 fully saturated rings. The molecule has 2 aromatic rings. The molecule has 110 valence electrons. The number of aryl methyl sites for hydroxylation is 1. The van der Waals surface area contributed by atoms with Gasteiger partial charge in [-0.25, -0.2) is 0 Å². The highest BCUT2D eigenvalue weighted by Gasteiger charge is 2.23. The van der Waals surface area contributed by atoms with Gasteiger partial charge >= 0.3 is 0 Å². The summed E-state index contributed by atoms with van der Waals surface area (Å²) in [5, 5.41) is 0. The Labute approximate surface area is 124 Å². The molecule has 2 N–H and O–H groups in total. The minimum absolute atomic E-state index is 0.0235. The molecule has 0 spiro atoms. The molecule has 1 unspecified atom stereocenters. The molecule has 0 aromatic carbocycles. The maximum Gasteiger partial charge on any atom is 0.112 e. The second-order valence-corrected chi connectivity index (χ2v) is 5.38. The van der Waals surface area contributed by atoms with Crippen molar-refractivity contribution in [2.75, 3.05) is 25.4 Å². The fraction of sp³-hybridized carbons (Fsp3) is 0.375. The van der Waals surface area contributed by atoms with Crippen LogP contribution in [0.25, 0.3) is 0 Å². The summed E-state index contributed by atoms with van der Waals surface area (Å²) >= 11 is 0. The Bertz CT molecular complexity index is 582. The Morgan fingerprint density at radius 2 is 2.29 bits per heavy atom. The number of pyridine rings is 2. The lowest BCUT2D eigenvalue weighted by Gasteiger charge is -2.32. The summed E-state index contributed by atoms with van der Waals surface area (Å²) < 4.78 is 5.86. The number of anilines is 1. The maximum absolute atomic E-state index is 5.91. The van der Waals surface area contributed by atoms with Crippen LogP contribution in [0.3, 0.4) is 0 Å². The smallest absolute Gasteiger partial charge is 0.112 e. The predicted octanol–water partition coefficient (Wildman–Crippen LogP) is 1.94. The second-order valence-electron chi connectivity index (χ2n) is 5.38. The highest BCUT2D eigenvalue weighted by atomic mass is 16.5. The summed E-state index contributed by atoms with van der Waals surface area (Å²) in [5.74, 6) is 0. The molecular formula is C16H20N4O. The minimum Gasteiger partial charge on any atom is -0.399 e. The third-order valence-electron chi connectivity index (χ3n) is 3.59. The number of hydrogen-bond acceptors (Lipinski definition) is 5. The molecule has 21 heavy (non-hydrogen) atoms. The van der Waals surface area contributed by atoms with Crippen molar-refractivity contribution < 1.29 is 4.74 Å². The first-order valence-corrected chi connectivity index (χ1v) is 7.18. The first-order valence-electron chi connectivity index (χ1n) is 7.18.